The Morgan fingerprint density at radius 2 is 1.82 bits per heavy atom. The maximum atomic E-state index is 9.71. The van der Waals surface area contributed by atoms with Gasteiger partial charge in [-0.15, -0.1) is 0 Å². The molecule has 0 fully saturated rings. The van der Waals surface area contributed by atoms with Crippen LogP contribution >= 0.6 is 11.6 Å². The smallest absolute Gasteiger partial charge is 0.232 e. The SMILES string of the molecule is CN(CCOc1cnc(C2=CC=C(Cl)CC=C2)c(-c2ccc(O)cc2)n1)Cc1ccccc1. The van der Waals surface area contributed by atoms with Gasteiger partial charge in [0, 0.05) is 35.7 Å². The number of halogens is 1. The number of allylic oxidation sites excluding steroid dienone is 6. The molecule has 1 heterocycles. The number of hydrogen-bond donors (Lipinski definition) is 1. The zero-order valence-corrected chi connectivity index (χ0v) is 19.2. The summed E-state index contributed by atoms with van der Waals surface area (Å²) in [6.45, 7) is 2.10. The molecule has 33 heavy (non-hydrogen) atoms. The number of aromatic nitrogens is 2. The molecule has 1 N–H and O–H groups in total. The van der Waals surface area contributed by atoms with E-state index < -0.39 is 0 Å². The molecule has 1 aliphatic rings. The fourth-order valence-corrected chi connectivity index (χ4v) is 3.67. The molecular formula is C27H26ClN3O2. The van der Waals surface area contributed by atoms with Gasteiger partial charge in [-0.05, 0) is 43.0 Å². The predicted molar refractivity (Wildman–Crippen MR) is 133 cm³/mol. The highest BCUT2D eigenvalue weighted by molar-refractivity contribution is 6.29. The van der Waals surface area contributed by atoms with E-state index in [2.05, 4.69) is 29.1 Å². The van der Waals surface area contributed by atoms with Crippen LogP contribution in [0, 0.1) is 0 Å². The van der Waals surface area contributed by atoms with E-state index >= 15 is 0 Å². The Morgan fingerprint density at radius 3 is 2.61 bits per heavy atom. The summed E-state index contributed by atoms with van der Waals surface area (Å²) in [5.74, 6) is 0.659. The summed E-state index contributed by atoms with van der Waals surface area (Å²) >= 11 is 6.18. The van der Waals surface area contributed by atoms with E-state index in [1.807, 2.05) is 54.6 Å². The molecule has 2 aromatic carbocycles. The first-order chi connectivity index (χ1) is 16.1. The topological polar surface area (TPSA) is 58.5 Å². The second-order valence-electron chi connectivity index (χ2n) is 7.87. The molecule has 1 aliphatic carbocycles. The summed E-state index contributed by atoms with van der Waals surface area (Å²) in [5.41, 5.74) is 4.43. The summed E-state index contributed by atoms with van der Waals surface area (Å²) in [7, 11) is 2.07. The summed E-state index contributed by atoms with van der Waals surface area (Å²) in [6.07, 6.45) is 10.2. The summed E-state index contributed by atoms with van der Waals surface area (Å²) in [6, 6.07) is 17.3. The number of aromatic hydroxyl groups is 1. The number of likely N-dealkylation sites (N-methyl/N-ethyl adjacent to an activating group) is 1. The Balaban J connectivity index is 1.52. The fourth-order valence-electron chi connectivity index (χ4n) is 3.51. The minimum atomic E-state index is 0.199. The minimum absolute atomic E-state index is 0.199. The van der Waals surface area contributed by atoms with Crippen molar-refractivity contribution in [3.05, 3.63) is 101 Å². The van der Waals surface area contributed by atoms with Crippen LogP contribution in [0.5, 0.6) is 11.6 Å². The van der Waals surface area contributed by atoms with Crippen LogP contribution in [0.1, 0.15) is 17.7 Å². The van der Waals surface area contributed by atoms with Crippen molar-refractivity contribution < 1.29 is 9.84 Å². The molecular weight excluding hydrogens is 434 g/mol. The Bertz CT molecular complexity index is 1170. The van der Waals surface area contributed by atoms with E-state index in [-0.39, 0.29) is 5.75 Å². The molecule has 0 unspecified atom stereocenters. The maximum Gasteiger partial charge on any atom is 0.232 e. The lowest BCUT2D eigenvalue weighted by Crippen LogP contribution is -2.24. The van der Waals surface area contributed by atoms with E-state index in [0.717, 1.165) is 35.0 Å². The molecule has 0 saturated carbocycles. The van der Waals surface area contributed by atoms with Gasteiger partial charge in [-0.2, -0.15) is 0 Å². The van der Waals surface area contributed by atoms with Crippen molar-refractivity contribution in [3.63, 3.8) is 0 Å². The number of phenols is 1. The third-order valence-corrected chi connectivity index (χ3v) is 5.52. The number of benzene rings is 2. The highest BCUT2D eigenvalue weighted by Gasteiger charge is 2.15. The quantitative estimate of drug-likeness (QED) is 0.459. The van der Waals surface area contributed by atoms with Gasteiger partial charge in [0.1, 0.15) is 18.1 Å². The Labute approximate surface area is 199 Å². The molecule has 0 bridgehead atoms. The Hall–Kier alpha value is -3.41. The van der Waals surface area contributed by atoms with Crippen molar-refractivity contribution in [2.45, 2.75) is 13.0 Å². The third kappa shape index (κ3) is 6.31. The zero-order valence-electron chi connectivity index (χ0n) is 18.5. The van der Waals surface area contributed by atoms with Gasteiger partial charge in [0.2, 0.25) is 5.88 Å². The lowest BCUT2D eigenvalue weighted by molar-refractivity contribution is 0.227. The number of ether oxygens (including phenoxy) is 1. The van der Waals surface area contributed by atoms with E-state index in [0.29, 0.717) is 24.6 Å². The summed E-state index contributed by atoms with van der Waals surface area (Å²) in [5, 5.41) is 10.5. The van der Waals surface area contributed by atoms with Gasteiger partial charge < -0.3 is 9.84 Å². The van der Waals surface area contributed by atoms with Crippen LogP contribution in [0.25, 0.3) is 16.8 Å². The van der Waals surface area contributed by atoms with Crippen LogP contribution in [0.15, 0.2) is 90.1 Å². The van der Waals surface area contributed by atoms with Crippen molar-refractivity contribution in [1.29, 1.82) is 0 Å². The lowest BCUT2D eigenvalue weighted by atomic mass is 10.0. The summed E-state index contributed by atoms with van der Waals surface area (Å²) in [4.78, 5) is 11.6. The minimum Gasteiger partial charge on any atom is -0.508 e. The largest absolute Gasteiger partial charge is 0.508 e. The van der Waals surface area contributed by atoms with E-state index in [1.165, 1.54) is 5.56 Å². The molecule has 0 spiro atoms. The van der Waals surface area contributed by atoms with Crippen LogP contribution in [0.4, 0.5) is 0 Å². The summed E-state index contributed by atoms with van der Waals surface area (Å²) < 4.78 is 5.95. The molecule has 0 saturated heterocycles. The number of nitrogens with zero attached hydrogens (tertiary/aromatic N) is 3. The molecule has 0 atom stereocenters. The lowest BCUT2D eigenvalue weighted by Gasteiger charge is -2.17. The standard InChI is InChI=1S/C27H26ClN3O2/c1-31(19-20-6-3-2-4-7-20)16-17-33-25-18-29-26(21-8-5-9-23(28)13-10-21)27(30-25)22-11-14-24(32)15-12-22/h2-8,10-15,18,32H,9,16-17,19H2,1H3. The number of phenolic OH excluding ortho intramolecular Hbond substituents is 1. The fraction of sp³-hybridized carbons (Fsp3) is 0.185. The zero-order chi connectivity index (χ0) is 23.0. The molecule has 4 rings (SSSR count). The van der Waals surface area contributed by atoms with E-state index in [4.69, 9.17) is 21.3 Å². The Morgan fingerprint density at radius 1 is 1.03 bits per heavy atom. The average molecular weight is 460 g/mol. The van der Waals surface area contributed by atoms with Gasteiger partial charge in [0.25, 0.3) is 0 Å². The number of hydrogen-bond acceptors (Lipinski definition) is 5. The molecule has 5 nitrogen and oxygen atoms in total. The second-order valence-corrected chi connectivity index (χ2v) is 8.35. The van der Waals surface area contributed by atoms with Gasteiger partial charge in [-0.1, -0.05) is 60.2 Å². The molecule has 168 valence electrons. The van der Waals surface area contributed by atoms with Crippen LogP contribution in [0.2, 0.25) is 0 Å². The molecule has 0 aliphatic heterocycles. The normalized spacial score (nSPS) is 13.4. The maximum absolute atomic E-state index is 9.71. The first-order valence-electron chi connectivity index (χ1n) is 10.8. The third-order valence-electron chi connectivity index (χ3n) is 5.24. The van der Waals surface area contributed by atoms with Crippen molar-refractivity contribution in [1.82, 2.24) is 14.9 Å². The highest BCUT2D eigenvalue weighted by Crippen LogP contribution is 2.31. The molecule has 3 aromatic rings. The van der Waals surface area contributed by atoms with Crippen molar-refractivity contribution in [2.75, 3.05) is 20.2 Å². The van der Waals surface area contributed by atoms with Crippen LogP contribution < -0.4 is 4.74 Å². The highest BCUT2D eigenvalue weighted by atomic mass is 35.5. The van der Waals surface area contributed by atoms with E-state index in [1.54, 1.807) is 18.3 Å². The molecule has 1 aromatic heterocycles. The van der Waals surface area contributed by atoms with Gasteiger partial charge >= 0.3 is 0 Å². The van der Waals surface area contributed by atoms with Crippen LogP contribution in [0.3, 0.4) is 0 Å². The second kappa shape index (κ2) is 10.9. The van der Waals surface area contributed by atoms with E-state index in [9.17, 15) is 5.11 Å². The first kappa shape index (κ1) is 22.8. The predicted octanol–water partition coefficient (Wildman–Crippen LogP) is 5.83. The average Bonchev–Trinajstić information content (AvgIpc) is 3.04. The Kier molecular flexibility index (Phi) is 7.55. The van der Waals surface area contributed by atoms with Crippen molar-refractivity contribution in [3.8, 4) is 22.9 Å². The monoisotopic (exact) mass is 459 g/mol. The van der Waals surface area contributed by atoms with Crippen molar-refractivity contribution in [2.24, 2.45) is 0 Å². The molecule has 0 amide bonds. The van der Waals surface area contributed by atoms with Crippen molar-refractivity contribution >= 4 is 17.2 Å². The molecule has 0 radical (unpaired) electrons. The van der Waals surface area contributed by atoms with Crippen LogP contribution in [-0.2, 0) is 6.54 Å². The van der Waals surface area contributed by atoms with Gasteiger partial charge in [-0.3, -0.25) is 4.90 Å². The van der Waals surface area contributed by atoms with Crippen LogP contribution in [-0.4, -0.2) is 40.2 Å². The number of rotatable bonds is 8. The van der Waals surface area contributed by atoms with Gasteiger partial charge in [-0.25, -0.2) is 9.97 Å². The first-order valence-corrected chi connectivity index (χ1v) is 11.2. The molecule has 6 heteroatoms. The van der Waals surface area contributed by atoms with Gasteiger partial charge in [0.05, 0.1) is 11.9 Å². The van der Waals surface area contributed by atoms with Gasteiger partial charge in [0.15, 0.2) is 0 Å².